The van der Waals surface area contributed by atoms with Gasteiger partial charge in [0.25, 0.3) is 0 Å². The zero-order valence-electron chi connectivity index (χ0n) is 16.2. The van der Waals surface area contributed by atoms with Crippen LogP contribution in [0.15, 0.2) is 17.1 Å². The third-order valence-electron chi connectivity index (χ3n) is 5.56. The lowest BCUT2D eigenvalue weighted by molar-refractivity contribution is 0.184. The van der Waals surface area contributed by atoms with Crippen LogP contribution < -0.4 is 15.9 Å². The highest BCUT2D eigenvalue weighted by atomic mass is 32.2. The molecule has 11 nitrogen and oxygen atoms in total. The summed E-state index contributed by atoms with van der Waals surface area (Å²) in [6.45, 7) is 3.28. The molecule has 0 aliphatic carbocycles. The van der Waals surface area contributed by atoms with E-state index in [1.807, 2.05) is 6.07 Å². The van der Waals surface area contributed by atoms with Crippen LogP contribution in [0.5, 0.6) is 0 Å². The van der Waals surface area contributed by atoms with Crippen LogP contribution in [0.25, 0.3) is 11.2 Å². The molecule has 158 valence electrons. The molecule has 0 saturated carbocycles. The minimum absolute atomic E-state index is 0.0108. The van der Waals surface area contributed by atoms with Crippen LogP contribution in [0.1, 0.15) is 12.8 Å². The van der Waals surface area contributed by atoms with E-state index >= 15 is 0 Å². The normalized spacial score (nSPS) is 19.6. The van der Waals surface area contributed by atoms with Gasteiger partial charge < -0.3 is 20.1 Å². The van der Waals surface area contributed by atoms with E-state index < -0.39 is 10.0 Å². The maximum atomic E-state index is 12.6. The van der Waals surface area contributed by atoms with Crippen molar-refractivity contribution < 1.29 is 13.2 Å². The molecule has 2 aromatic rings. The number of imidazole rings is 1. The van der Waals surface area contributed by atoms with Crippen LogP contribution in [0, 0.1) is 0 Å². The molecule has 12 heteroatoms. The summed E-state index contributed by atoms with van der Waals surface area (Å²) in [5.74, 6) is 0. The van der Waals surface area contributed by atoms with E-state index in [1.165, 1.54) is 10.6 Å². The first-order valence-corrected chi connectivity index (χ1v) is 11.5. The summed E-state index contributed by atoms with van der Waals surface area (Å²) in [6.07, 6.45) is 4.11. The van der Waals surface area contributed by atoms with E-state index in [-0.39, 0.29) is 17.8 Å². The number of amides is 2. The standard InChI is InChI=1S/C17H25N7O4S/c1-29(27,28)24-6-3-12(4-7-24)19-17(26)23-10-8-22(9-11-23)13-2-5-18-15-14(13)20-16(25)21-15/h2,5,12H,3-4,6-11H2,1H3,(H,19,26)(H2,18,20,21,25). The first-order valence-electron chi connectivity index (χ1n) is 9.64. The van der Waals surface area contributed by atoms with Gasteiger partial charge >= 0.3 is 11.7 Å². The van der Waals surface area contributed by atoms with Gasteiger partial charge in [0.1, 0.15) is 5.52 Å². The van der Waals surface area contributed by atoms with Crippen molar-refractivity contribution in [2.45, 2.75) is 18.9 Å². The minimum Gasteiger partial charge on any atom is -0.366 e. The van der Waals surface area contributed by atoms with Gasteiger partial charge in [-0.05, 0) is 18.9 Å². The number of aromatic amines is 2. The Kier molecular flexibility index (Phi) is 5.21. The number of hydrogen-bond donors (Lipinski definition) is 3. The number of hydrogen-bond acceptors (Lipinski definition) is 6. The van der Waals surface area contributed by atoms with E-state index in [0.29, 0.717) is 63.3 Å². The Balaban J connectivity index is 1.31. The molecule has 0 unspecified atom stereocenters. The van der Waals surface area contributed by atoms with Crippen molar-refractivity contribution in [2.75, 3.05) is 50.4 Å². The van der Waals surface area contributed by atoms with E-state index in [4.69, 9.17) is 0 Å². The summed E-state index contributed by atoms with van der Waals surface area (Å²) in [6, 6.07) is 1.73. The summed E-state index contributed by atoms with van der Waals surface area (Å²) < 4.78 is 24.6. The van der Waals surface area contributed by atoms with Gasteiger partial charge in [0, 0.05) is 51.5 Å². The third-order valence-corrected chi connectivity index (χ3v) is 6.86. The van der Waals surface area contributed by atoms with Gasteiger partial charge in [-0.1, -0.05) is 0 Å². The van der Waals surface area contributed by atoms with Crippen molar-refractivity contribution in [1.82, 2.24) is 29.5 Å². The van der Waals surface area contributed by atoms with Crippen LogP contribution >= 0.6 is 0 Å². The molecule has 0 aromatic carbocycles. The quantitative estimate of drug-likeness (QED) is 0.610. The molecule has 0 radical (unpaired) electrons. The lowest BCUT2D eigenvalue weighted by Crippen LogP contribution is -2.55. The third kappa shape index (κ3) is 4.22. The van der Waals surface area contributed by atoms with E-state index in [2.05, 4.69) is 25.2 Å². The number of anilines is 1. The van der Waals surface area contributed by atoms with E-state index in [0.717, 1.165) is 5.69 Å². The number of fused-ring (bicyclic) bond motifs is 1. The summed E-state index contributed by atoms with van der Waals surface area (Å²) in [5, 5.41) is 3.03. The van der Waals surface area contributed by atoms with Gasteiger partial charge in [0.05, 0.1) is 11.9 Å². The molecule has 2 aliphatic heterocycles. The summed E-state index contributed by atoms with van der Waals surface area (Å²) in [7, 11) is -3.17. The largest absolute Gasteiger partial charge is 0.366 e. The van der Waals surface area contributed by atoms with Crippen LogP contribution in [-0.2, 0) is 10.0 Å². The molecule has 0 bridgehead atoms. The highest BCUT2D eigenvalue weighted by Crippen LogP contribution is 2.23. The number of nitrogens with one attached hydrogen (secondary N) is 3. The molecule has 4 rings (SSSR count). The number of nitrogens with zero attached hydrogens (tertiary/aromatic N) is 4. The zero-order valence-corrected chi connectivity index (χ0v) is 17.0. The van der Waals surface area contributed by atoms with Crippen molar-refractivity contribution in [2.24, 2.45) is 0 Å². The van der Waals surface area contributed by atoms with Crippen molar-refractivity contribution in [3.05, 3.63) is 22.7 Å². The molecule has 29 heavy (non-hydrogen) atoms. The zero-order chi connectivity index (χ0) is 20.6. The molecule has 2 fully saturated rings. The molecule has 0 atom stereocenters. The van der Waals surface area contributed by atoms with Crippen LogP contribution in [0.2, 0.25) is 0 Å². The number of sulfonamides is 1. The molecule has 4 heterocycles. The molecule has 2 amide bonds. The summed E-state index contributed by atoms with van der Waals surface area (Å²) >= 11 is 0. The second-order valence-corrected chi connectivity index (χ2v) is 9.48. The highest BCUT2D eigenvalue weighted by molar-refractivity contribution is 7.88. The highest BCUT2D eigenvalue weighted by Gasteiger charge is 2.28. The van der Waals surface area contributed by atoms with Gasteiger partial charge in [-0.2, -0.15) is 0 Å². The lowest BCUT2D eigenvalue weighted by atomic mass is 10.1. The predicted molar refractivity (Wildman–Crippen MR) is 108 cm³/mol. The van der Waals surface area contributed by atoms with Crippen LogP contribution in [0.3, 0.4) is 0 Å². The number of urea groups is 1. The van der Waals surface area contributed by atoms with E-state index in [9.17, 15) is 18.0 Å². The lowest BCUT2D eigenvalue weighted by Gasteiger charge is -2.37. The molecular formula is C17H25N7O4S. The Labute approximate surface area is 168 Å². The van der Waals surface area contributed by atoms with Crippen LogP contribution in [-0.4, -0.2) is 90.2 Å². The van der Waals surface area contributed by atoms with Crippen molar-refractivity contribution in [3.63, 3.8) is 0 Å². The predicted octanol–water partition coefficient (Wildman–Crippen LogP) is -0.493. The minimum atomic E-state index is -3.17. The second-order valence-electron chi connectivity index (χ2n) is 7.49. The second kappa shape index (κ2) is 7.67. The number of H-pyrrole nitrogens is 2. The monoisotopic (exact) mass is 423 g/mol. The Hall–Kier alpha value is -2.60. The molecule has 2 saturated heterocycles. The molecule has 0 spiro atoms. The van der Waals surface area contributed by atoms with Crippen molar-refractivity contribution in [3.8, 4) is 0 Å². The van der Waals surface area contributed by atoms with Crippen LogP contribution in [0.4, 0.5) is 10.5 Å². The van der Waals surface area contributed by atoms with E-state index in [1.54, 1.807) is 11.1 Å². The maximum Gasteiger partial charge on any atom is 0.325 e. The number of aromatic nitrogens is 3. The molecule has 3 N–H and O–H groups in total. The van der Waals surface area contributed by atoms with Crippen molar-refractivity contribution in [1.29, 1.82) is 0 Å². The number of carbonyl (C=O) groups excluding carboxylic acids is 1. The van der Waals surface area contributed by atoms with Gasteiger partial charge in [0.15, 0.2) is 5.65 Å². The Morgan fingerprint density at radius 1 is 1.14 bits per heavy atom. The first kappa shape index (κ1) is 19.7. The number of piperazine rings is 1. The summed E-state index contributed by atoms with van der Waals surface area (Å²) in [4.78, 5) is 37.7. The number of carbonyl (C=O) groups is 1. The molecule has 2 aliphatic rings. The first-order chi connectivity index (χ1) is 13.8. The smallest absolute Gasteiger partial charge is 0.325 e. The fraction of sp³-hybridized carbons (Fsp3) is 0.588. The number of piperidine rings is 1. The molecule has 2 aromatic heterocycles. The Morgan fingerprint density at radius 3 is 2.48 bits per heavy atom. The van der Waals surface area contributed by atoms with Gasteiger partial charge in [-0.3, -0.25) is 4.98 Å². The maximum absolute atomic E-state index is 12.6. The number of rotatable bonds is 3. The topological polar surface area (TPSA) is 134 Å². The number of pyridine rings is 1. The average Bonchev–Trinajstić information content (AvgIpc) is 3.08. The fourth-order valence-electron chi connectivity index (χ4n) is 3.93. The fourth-order valence-corrected chi connectivity index (χ4v) is 4.81. The van der Waals surface area contributed by atoms with Gasteiger partial charge in [-0.25, -0.2) is 27.3 Å². The SMILES string of the molecule is CS(=O)(=O)N1CCC(NC(=O)N2CCN(c3ccnc4[nH]c(=O)[nH]c34)CC2)CC1. The summed E-state index contributed by atoms with van der Waals surface area (Å²) in [5.41, 5.74) is 1.79. The molecular weight excluding hydrogens is 398 g/mol. The van der Waals surface area contributed by atoms with Gasteiger partial charge in [0.2, 0.25) is 10.0 Å². The Morgan fingerprint density at radius 2 is 1.83 bits per heavy atom. The van der Waals surface area contributed by atoms with Gasteiger partial charge in [-0.15, -0.1) is 0 Å². The Bertz CT molecular complexity index is 1050. The van der Waals surface area contributed by atoms with Crippen molar-refractivity contribution >= 4 is 32.9 Å². The average molecular weight is 423 g/mol.